The van der Waals surface area contributed by atoms with Gasteiger partial charge in [-0.1, -0.05) is 46.0 Å². The molecule has 1 saturated carbocycles. The number of aliphatic carboxylic acids is 1. The fourth-order valence-electron chi connectivity index (χ4n) is 4.01. The highest BCUT2D eigenvalue weighted by Gasteiger charge is 2.26. The van der Waals surface area contributed by atoms with Crippen molar-refractivity contribution in [2.75, 3.05) is 0 Å². The Hall–Kier alpha value is -1.69. The van der Waals surface area contributed by atoms with Crippen molar-refractivity contribution < 1.29 is 14.7 Å². The molecule has 1 aromatic heterocycles. The van der Waals surface area contributed by atoms with Crippen LogP contribution in [0.15, 0.2) is 12.5 Å². The van der Waals surface area contributed by atoms with Crippen LogP contribution in [-0.4, -0.2) is 38.5 Å². The summed E-state index contributed by atoms with van der Waals surface area (Å²) in [5.74, 6) is 0.156. The Balaban J connectivity index is 1.98. The molecule has 0 aliphatic heterocycles. The van der Waals surface area contributed by atoms with Crippen molar-refractivity contribution in [1.29, 1.82) is 0 Å². The smallest absolute Gasteiger partial charge is 0.321 e. The van der Waals surface area contributed by atoms with Crippen LogP contribution >= 0.6 is 0 Å². The largest absolute Gasteiger partial charge is 0.480 e. The molecule has 1 aliphatic rings. The zero-order valence-electron chi connectivity index (χ0n) is 17.0. The summed E-state index contributed by atoms with van der Waals surface area (Å²) in [4.78, 5) is 27.9. The number of rotatable bonds is 11. The molecule has 0 spiro atoms. The number of hydrogen-bond donors (Lipinski definition) is 2. The number of aryl methyl sites for hydroxylation is 1. The van der Waals surface area contributed by atoms with Crippen LogP contribution < -0.4 is 5.32 Å². The Kier molecular flexibility index (Phi) is 8.48. The van der Waals surface area contributed by atoms with Gasteiger partial charge < -0.3 is 9.67 Å². The van der Waals surface area contributed by atoms with Crippen molar-refractivity contribution >= 4 is 11.8 Å². The van der Waals surface area contributed by atoms with Gasteiger partial charge in [0.15, 0.2) is 0 Å². The number of nitrogens with one attached hydrogen (secondary N) is 1. The van der Waals surface area contributed by atoms with E-state index in [-0.39, 0.29) is 5.78 Å². The van der Waals surface area contributed by atoms with Crippen LogP contribution in [0.2, 0.25) is 0 Å². The molecule has 152 valence electrons. The Morgan fingerprint density at radius 1 is 1.26 bits per heavy atom. The number of carbonyl (C=O) groups excluding carboxylic acids is 1. The average molecular weight is 378 g/mol. The summed E-state index contributed by atoms with van der Waals surface area (Å²) in [7, 11) is 0. The Morgan fingerprint density at radius 3 is 2.56 bits per heavy atom. The summed E-state index contributed by atoms with van der Waals surface area (Å²) in [6.45, 7) is 6.48. The van der Waals surface area contributed by atoms with Gasteiger partial charge in [0.2, 0.25) is 0 Å². The number of nitrogens with zero attached hydrogens (tertiary/aromatic N) is 2. The maximum atomic E-state index is 11.9. The van der Waals surface area contributed by atoms with Crippen molar-refractivity contribution in [1.82, 2.24) is 14.9 Å². The summed E-state index contributed by atoms with van der Waals surface area (Å²) in [5.41, 5.74) is 0.914. The number of ketones is 1. The van der Waals surface area contributed by atoms with Gasteiger partial charge in [0.05, 0.1) is 12.4 Å². The second-order valence-corrected chi connectivity index (χ2v) is 8.43. The fraction of sp³-hybridized carbons (Fsp3) is 0.762. The summed E-state index contributed by atoms with van der Waals surface area (Å²) in [6.07, 6.45) is 12.3. The third-order valence-electron chi connectivity index (χ3n) is 5.61. The van der Waals surface area contributed by atoms with Crippen LogP contribution in [0.1, 0.15) is 71.4 Å². The summed E-state index contributed by atoms with van der Waals surface area (Å²) in [6, 6.07) is -1.22. The Labute approximate surface area is 162 Å². The molecule has 2 N–H and O–H groups in total. The average Bonchev–Trinajstić information content (AvgIpc) is 3.06. The molecule has 27 heavy (non-hydrogen) atoms. The van der Waals surface area contributed by atoms with E-state index < -0.39 is 18.1 Å². The number of hydrogen-bond acceptors (Lipinski definition) is 4. The van der Waals surface area contributed by atoms with E-state index in [4.69, 9.17) is 0 Å². The van der Waals surface area contributed by atoms with Gasteiger partial charge in [0.1, 0.15) is 11.8 Å². The summed E-state index contributed by atoms with van der Waals surface area (Å²) < 4.78 is 2.08. The second-order valence-electron chi connectivity index (χ2n) is 8.43. The molecule has 0 radical (unpaired) electrons. The predicted octanol–water partition coefficient (Wildman–Crippen LogP) is 3.44. The molecular weight excluding hydrogens is 342 g/mol. The van der Waals surface area contributed by atoms with E-state index in [0.29, 0.717) is 18.8 Å². The molecule has 2 unspecified atom stereocenters. The van der Waals surface area contributed by atoms with E-state index in [1.807, 2.05) is 13.8 Å². The van der Waals surface area contributed by atoms with Gasteiger partial charge in [-0.05, 0) is 31.6 Å². The fourth-order valence-corrected chi connectivity index (χ4v) is 4.01. The first-order chi connectivity index (χ1) is 12.9. The molecule has 2 atom stereocenters. The lowest BCUT2D eigenvalue weighted by molar-refractivity contribution is -0.139. The number of carbonyl (C=O) groups is 2. The van der Waals surface area contributed by atoms with E-state index in [1.165, 1.54) is 39.0 Å². The first kappa shape index (κ1) is 21.6. The zero-order valence-corrected chi connectivity index (χ0v) is 17.0. The number of Topliss-reactive ketones (excluding diaryl/α,β-unsaturated/α-hetero) is 1. The first-order valence-electron chi connectivity index (χ1n) is 10.3. The Bertz CT molecular complexity index is 606. The number of carboxylic acid groups (broad SMARTS) is 1. The predicted molar refractivity (Wildman–Crippen MR) is 106 cm³/mol. The van der Waals surface area contributed by atoms with Crippen LogP contribution in [-0.2, 0) is 22.6 Å². The molecule has 0 aromatic carbocycles. The summed E-state index contributed by atoms with van der Waals surface area (Å²) in [5, 5.41) is 12.7. The van der Waals surface area contributed by atoms with Crippen LogP contribution in [0.25, 0.3) is 0 Å². The van der Waals surface area contributed by atoms with E-state index >= 15 is 0 Å². The second kappa shape index (κ2) is 10.6. The van der Waals surface area contributed by atoms with Crippen molar-refractivity contribution in [3.63, 3.8) is 0 Å². The van der Waals surface area contributed by atoms with E-state index in [0.717, 1.165) is 24.6 Å². The molecule has 0 amide bonds. The van der Waals surface area contributed by atoms with E-state index in [1.54, 1.807) is 12.5 Å². The molecule has 1 fully saturated rings. The van der Waals surface area contributed by atoms with Crippen LogP contribution in [0.4, 0.5) is 0 Å². The van der Waals surface area contributed by atoms with Crippen LogP contribution in [0.5, 0.6) is 0 Å². The monoisotopic (exact) mass is 377 g/mol. The van der Waals surface area contributed by atoms with Gasteiger partial charge in [-0.15, -0.1) is 0 Å². The molecule has 2 rings (SSSR count). The van der Waals surface area contributed by atoms with Crippen molar-refractivity contribution in [3.05, 3.63) is 18.2 Å². The molecule has 0 bridgehead atoms. The van der Waals surface area contributed by atoms with Gasteiger partial charge >= 0.3 is 5.97 Å². The van der Waals surface area contributed by atoms with Crippen molar-refractivity contribution in [2.45, 2.75) is 90.8 Å². The molecule has 1 aliphatic carbocycles. The summed E-state index contributed by atoms with van der Waals surface area (Å²) >= 11 is 0. The normalized spacial score (nSPS) is 17.8. The molecule has 1 aromatic rings. The Morgan fingerprint density at radius 2 is 1.96 bits per heavy atom. The van der Waals surface area contributed by atoms with Gasteiger partial charge in [0.25, 0.3) is 0 Å². The molecule has 6 heteroatoms. The first-order valence-corrected chi connectivity index (χ1v) is 10.3. The topological polar surface area (TPSA) is 84.2 Å². The van der Waals surface area contributed by atoms with Crippen LogP contribution in [0.3, 0.4) is 0 Å². The lowest BCUT2D eigenvalue weighted by atomic mass is 9.87. The quantitative estimate of drug-likeness (QED) is 0.617. The van der Waals surface area contributed by atoms with Gasteiger partial charge in [-0.25, -0.2) is 4.98 Å². The molecule has 0 saturated heterocycles. The number of carboxylic acids is 1. The third kappa shape index (κ3) is 7.09. The lowest BCUT2D eigenvalue weighted by Crippen LogP contribution is -2.48. The van der Waals surface area contributed by atoms with Crippen molar-refractivity contribution in [2.24, 2.45) is 11.8 Å². The highest BCUT2D eigenvalue weighted by Crippen LogP contribution is 2.26. The minimum absolute atomic E-state index is 0.0132. The molecule has 6 nitrogen and oxygen atoms in total. The number of aromatic nitrogens is 2. The molecule has 1 heterocycles. The minimum Gasteiger partial charge on any atom is -0.480 e. The standard InChI is InChI=1S/C21H35N3O3/c1-15(2)11-19(16(3)25)23-20(21(26)27)12-18-13-22-14-24(18)10-9-17-7-5-4-6-8-17/h13-15,17,19-20,23H,4-12H2,1-3H3,(H,26,27). The number of imidazole rings is 1. The lowest BCUT2D eigenvalue weighted by Gasteiger charge is -2.24. The zero-order chi connectivity index (χ0) is 19.8. The highest BCUT2D eigenvalue weighted by atomic mass is 16.4. The van der Waals surface area contributed by atoms with Gasteiger partial charge in [0, 0.05) is 24.9 Å². The minimum atomic E-state index is -0.926. The van der Waals surface area contributed by atoms with Gasteiger partial charge in [-0.2, -0.15) is 0 Å². The van der Waals surface area contributed by atoms with Crippen molar-refractivity contribution in [3.8, 4) is 0 Å². The van der Waals surface area contributed by atoms with Gasteiger partial charge in [-0.3, -0.25) is 14.9 Å². The third-order valence-corrected chi connectivity index (χ3v) is 5.61. The van der Waals surface area contributed by atoms with Crippen LogP contribution in [0, 0.1) is 11.8 Å². The maximum Gasteiger partial charge on any atom is 0.321 e. The van der Waals surface area contributed by atoms with E-state index in [2.05, 4.69) is 14.9 Å². The van der Waals surface area contributed by atoms with E-state index in [9.17, 15) is 14.7 Å². The SMILES string of the molecule is CC(=O)C(CC(C)C)NC(Cc1cncn1CCC1CCCCC1)C(=O)O. The highest BCUT2D eigenvalue weighted by molar-refractivity contribution is 5.82. The maximum absolute atomic E-state index is 11.9. The molecular formula is C21H35N3O3.